The van der Waals surface area contributed by atoms with Gasteiger partial charge in [0.15, 0.2) is 24.8 Å². The Bertz CT molecular complexity index is 2560. The minimum absolute atomic E-state index is 0.0111. The molecule has 26 heteroatoms. The van der Waals surface area contributed by atoms with Gasteiger partial charge < -0.3 is 88.7 Å². The van der Waals surface area contributed by atoms with Crippen LogP contribution in [-0.2, 0) is 70.7 Å². The van der Waals surface area contributed by atoms with E-state index in [1.54, 1.807) is 0 Å². The highest BCUT2D eigenvalue weighted by atomic mass is 31.2. The number of carbonyl (C=O) groups is 4. The molecular formula is C90H163O25P. The van der Waals surface area contributed by atoms with Crippen LogP contribution in [0.25, 0.3) is 0 Å². The SMILES string of the molecule is CCCCCC/C=C\CCCCCCCCCC(=O)OC(COC(=O)CCCCC/C=C\CCCCCCCC)COP(=O)(O)OC1C(OC2OC(CO)C(O)C(O)C2O)C(O)C(O)C(OC(=O)CCCCC/C=C\CCCCCCCC)C1OC1OC(COC(=O)CCCCCCCCCCCCCCCCCC)C(O)C(O)C1O. The van der Waals surface area contributed by atoms with Crippen molar-refractivity contribution in [1.29, 1.82) is 0 Å². The van der Waals surface area contributed by atoms with Crippen molar-refractivity contribution in [3.63, 3.8) is 0 Å². The van der Waals surface area contributed by atoms with Crippen LogP contribution in [-0.4, -0.2) is 205 Å². The third-order valence-electron chi connectivity index (χ3n) is 22.3. The molecule has 0 radical (unpaired) electrons. The molecule has 3 aliphatic rings. The van der Waals surface area contributed by atoms with Crippen LogP contribution in [0.5, 0.6) is 0 Å². The second-order valence-corrected chi connectivity index (χ2v) is 34.2. The summed E-state index contributed by atoms with van der Waals surface area (Å²) in [5.74, 6) is -3.01. The number of allylic oxidation sites excluding steroid dienone is 6. The van der Waals surface area contributed by atoms with Crippen molar-refractivity contribution in [1.82, 2.24) is 0 Å². The summed E-state index contributed by atoms with van der Waals surface area (Å²) in [6, 6.07) is 0. The van der Waals surface area contributed by atoms with Gasteiger partial charge in [0.05, 0.1) is 13.2 Å². The maximum atomic E-state index is 14.9. The zero-order valence-corrected chi connectivity index (χ0v) is 72.9. The van der Waals surface area contributed by atoms with Gasteiger partial charge in [-0.05, 0) is 103 Å². The number of ether oxygens (including phenoxy) is 8. The lowest BCUT2D eigenvalue weighted by Crippen LogP contribution is -2.70. The molecule has 0 aromatic heterocycles. The average Bonchev–Trinajstić information content (AvgIpc) is 0.754. The minimum atomic E-state index is -5.81. The number of phosphoric ester groups is 1. The number of aliphatic hydroxyl groups is 9. The Labute approximate surface area is 697 Å². The van der Waals surface area contributed by atoms with Gasteiger partial charge in [0, 0.05) is 25.7 Å². The van der Waals surface area contributed by atoms with Crippen molar-refractivity contribution in [3.8, 4) is 0 Å². The van der Waals surface area contributed by atoms with Crippen molar-refractivity contribution >= 4 is 31.7 Å². The smallest absolute Gasteiger partial charge is 0.463 e. The van der Waals surface area contributed by atoms with E-state index < -0.39 is 162 Å². The number of unbranched alkanes of at least 4 members (excludes halogenated alkanes) is 44. The quantitative estimate of drug-likeness (QED) is 0.00889. The van der Waals surface area contributed by atoms with Crippen molar-refractivity contribution in [2.24, 2.45) is 0 Å². The van der Waals surface area contributed by atoms with Crippen LogP contribution in [0, 0.1) is 0 Å². The molecule has 18 unspecified atom stereocenters. The molecule has 2 aliphatic heterocycles. The molecule has 3 fully saturated rings. The summed E-state index contributed by atoms with van der Waals surface area (Å²) >= 11 is 0. The molecule has 2 heterocycles. The Kier molecular flexibility index (Phi) is 63.7. The molecule has 25 nitrogen and oxygen atoms in total. The van der Waals surface area contributed by atoms with Gasteiger partial charge in [-0.15, -0.1) is 0 Å². The van der Waals surface area contributed by atoms with Gasteiger partial charge in [0.1, 0.15) is 92.6 Å². The normalized spacial score (nSPS) is 25.3. The highest BCUT2D eigenvalue weighted by molar-refractivity contribution is 7.47. The topological polar surface area (TPSA) is 380 Å². The van der Waals surface area contributed by atoms with Crippen molar-refractivity contribution in [3.05, 3.63) is 36.5 Å². The van der Waals surface area contributed by atoms with E-state index in [1.165, 1.54) is 148 Å². The standard InChI is InChI=1S/C90H163O25P/c1-5-9-13-17-21-25-29-33-35-37-40-43-47-51-55-59-63-74(93)107-69-72-78(97)80(99)84(103)90(111-72)114-87-85(112-76(95)65-61-57-53-49-44-39-32-28-24-20-16-12-8-4)81(100)82(101)86(113-89-83(102)79(98)77(96)71(66-91)110-89)88(87)115-116(104,105)108-68-70(67-106-73(92)62-58-54-50-46-42-38-31-27-23-19-15-11-7-3)109-75(94)64-60-56-52-48-45-41-36-34-30-26-22-18-14-10-6-2/h26,30,38-39,42,44,70-72,77-91,96-103H,5-25,27-29,31-37,40-41,43,45-69H2,1-4H3,(H,104,105)/b30-26-,42-38-,44-39-. The second-order valence-electron chi connectivity index (χ2n) is 32.8. The summed E-state index contributed by atoms with van der Waals surface area (Å²) in [4.78, 5) is 66.3. The lowest BCUT2D eigenvalue weighted by atomic mass is 9.84. The van der Waals surface area contributed by atoms with E-state index in [-0.39, 0.29) is 32.1 Å². The Morgan fingerprint density at radius 2 is 0.647 bits per heavy atom. The Morgan fingerprint density at radius 1 is 0.336 bits per heavy atom. The summed E-state index contributed by atoms with van der Waals surface area (Å²) in [5.41, 5.74) is 0. The molecule has 3 rings (SSSR count). The predicted molar refractivity (Wildman–Crippen MR) is 449 cm³/mol. The monoisotopic (exact) mass is 1680 g/mol. The van der Waals surface area contributed by atoms with E-state index >= 15 is 0 Å². The maximum Gasteiger partial charge on any atom is 0.472 e. The molecule has 2 saturated heterocycles. The molecule has 0 bridgehead atoms. The predicted octanol–water partition coefficient (Wildman–Crippen LogP) is 16.7. The third-order valence-corrected chi connectivity index (χ3v) is 23.3. The first-order valence-electron chi connectivity index (χ1n) is 46.2. The van der Waals surface area contributed by atoms with Crippen LogP contribution < -0.4 is 0 Å². The van der Waals surface area contributed by atoms with Crippen LogP contribution in [0.15, 0.2) is 36.5 Å². The molecule has 0 amide bonds. The fourth-order valence-electron chi connectivity index (χ4n) is 14.9. The van der Waals surface area contributed by atoms with Gasteiger partial charge in [-0.25, -0.2) is 4.57 Å². The first-order valence-corrected chi connectivity index (χ1v) is 47.7. The number of rotatable bonds is 74. The highest BCUT2D eigenvalue weighted by Crippen LogP contribution is 2.49. The highest BCUT2D eigenvalue weighted by Gasteiger charge is 2.60. The van der Waals surface area contributed by atoms with Crippen LogP contribution in [0.1, 0.15) is 381 Å². The van der Waals surface area contributed by atoms with Crippen molar-refractivity contribution in [2.45, 2.75) is 485 Å². The molecule has 0 spiro atoms. The maximum absolute atomic E-state index is 14.9. The Balaban J connectivity index is 1.92. The molecule has 0 aromatic carbocycles. The number of hydrogen-bond acceptors (Lipinski definition) is 24. The first-order chi connectivity index (χ1) is 56.2. The molecule has 1 saturated carbocycles. The summed E-state index contributed by atoms with van der Waals surface area (Å²) in [7, 11) is -5.81. The molecule has 116 heavy (non-hydrogen) atoms. The number of aliphatic hydroxyl groups excluding tert-OH is 9. The number of hydrogen-bond donors (Lipinski definition) is 10. The largest absolute Gasteiger partial charge is 0.472 e. The van der Waals surface area contributed by atoms with Crippen molar-refractivity contribution < 1.29 is 122 Å². The van der Waals surface area contributed by atoms with Gasteiger partial charge in [-0.2, -0.15) is 0 Å². The van der Waals surface area contributed by atoms with Crippen LogP contribution in [0.3, 0.4) is 0 Å². The molecular weight excluding hydrogens is 1510 g/mol. The van der Waals surface area contributed by atoms with E-state index in [0.717, 1.165) is 135 Å². The van der Waals surface area contributed by atoms with E-state index in [2.05, 4.69) is 64.2 Å². The molecule has 0 aromatic rings. The van der Waals surface area contributed by atoms with Gasteiger partial charge >= 0.3 is 31.7 Å². The van der Waals surface area contributed by atoms with E-state index in [0.29, 0.717) is 38.5 Å². The minimum Gasteiger partial charge on any atom is -0.463 e. The lowest BCUT2D eigenvalue weighted by Gasteiger charge is -2.50. The summed E-state index contributed by atoms with van der Waals surface area (Å²) in [6.07, 6.45) is 30.1. The Hall–Kier alpha value is -3.31. The first kappa shape index (κ1) is 107. The molecule has 678 valence electrons. The average molecular weight is 1680 g/mol. The van der Waals surface area contributed by atoms with E-state index in [9.17, 15) is 74.6 Å². The fourth-order valence-corrected chi connectivity index (χ4v) is 15.9. The molecule has 1 aliphatic carbocycles. The van der Waals surface area contributed by atoms with Gasteiger partial charge in [-0.3, -0.25) is 28.2 Å². The number of esters is 4. The lowest BCUT2D eigenvalue weighted by molar-refractivity contribution is -0.360. The fraction of sp³-hybridized carbons (Fsp3) is 0.889. The zero-order valence-electron chi connectivity index (χ0n) is 72.0. The van der Waals surface area contributed by atoms with Crippen molar-refractivity contribution in [2.75, 3.05) is 26.4 Å². The van der Waals surface area contributed by atoms with E-state index in [1.807, 2.05) is 0 Å². The van der Waals surface area contributed by atoms with Gasteiger partial charge in [0.25, 0.3) is 0 Å². The summed E-state index contributed by atoms with van der Waals surface area (Å²) < 4.78 is 73.3. The third kappa shape index (κ3) is 49.1. The van der Waals surface area contributed by atoms with E-state index in [4.69, 9.17) is 46.9 Å². The summed E-state index contributed by atoms with van der Waals surface area (Å²) in [5, 5.41) is 102. The molecule has 18 atom stereocenters. The van der Waals surface area contributed by atoms with Gasteiger partial charge in [0.2, 0.25) is 0 Å². The zero-order chi connectivity index (χ0) is 84.7. The Morgan fingerprint density at radius 3 is 1.04 bits per heavy atom. The summed E-state index contributed by atoms with van der Waals surface area (Å²) in [6.45, 7) is 5.53. The van der Waals surface area contributed by atoms with Gasteiger partial charge in [-0.1, -0.05) is 289 Å². The van der Waals surface area contributed by atoms with Crippen LogP contribution in [0.2, 0.25) is 0 Å². The van der Waals surface area contributed by atoms with Crippen LogP contribution in [0.4, 0.5) is 0 Å². The second kappa shape index (κ2) is 69.1. The van der Waals surface area contributed by atoms with Crippen LogP contribution >= 0.6 is 7.82 Å². The number of phosphoric acid groups is 1. The number of carbonyl (C=O) groups excluding carboxylic acids is 4. The molecule has 10 N–H and O–H groups in total.